The van der Waals surface area contributed by atoms with E-state index in [9.17, 15) is 14.9 Å². The van der Waals surface area contributed by atoms with Gasteiger partial charge in [-0.3, -0.25) is 20.2 Å². The topological polar surface area (TPSA) is 106 Å². The van der Waals surface area contributed by atoms with Gasteiger partial charge >= 0.3 is 5.97 Å². The number of rotatable bonds is 4. The summed E-state index contributed by atoms with van der Waals surface area (Å²) in [5.41, 5.74) is 0.605. The van der Waals surface area contributed by atoms with Crippen LogP contribution >= 0.6 is 11.8 Å². The summed E-state index contributed by atoms with van der Waals surface area (Å²) in [7, 11) is 0. The summed E-state index contributed by atoms with van der Waals surface area (Å²) in [6, 6.07) is 9.07. The van der Waals surface area contributed by atoms with Crippen LogP contribution in [0.3, 0.4) is 0 Å². The van der Waals surface area contributed by atoms with E-state index in [1.54, 1.807) is 24.3 Å². The first-order chi connectivity index (χ1) is 10.5. The first kappa shape index (κ1) is 14.6. The number of carboxylic acids is 1. The van der Waals surface area contributed by atoms with Gasteiger partial charge in [-0.1, -0.05) is 12.1 Å². The molecule has 0 spiro atoms. The third-order valence-corrected chi connectivity index (χ3v) is 4.53. The molecule has 2 N–H and O–H groups in total. The summed E-state index contributed by atoms with van der Waals surface area (Å²) in [5, 5.41) is 22.5. The highest BCUT2D eigenvalue weighted by molar-refractivity contribution is 7.99. The molecule has 0 aliphatic carbocycles. The second-order valence-electron chi connectivity index (χ2n) is 4.78. The first-order valence-electron chi connectivity index (χ1n) is 6.49. The normalized spacial score (nSPS) is 20.9. The van der Waals surface area contributed by atoms with Crippen molar-refractivity contribution < 1.29 is 19.2 Å². The third kappa shape index (κ3) is 2.83. The number of aliphatic carboxylic acids is 1. The molecule has 22 heavy (non-hydrogen) atoms. The van der Waals surface area contributed by atoms with Gasteiger partial charge in [-0.2, -0.15) is 0 Å². The van der Waals surface area contributed by atoms with Crippen LogP contribution in [-0.4, -0.2) is 27.8 Å². The lowest BCUT2D eigenvalue weighted by atomic mass is 10.1. The summed E-state index contributed by atoms with van der Waals surface area (Å²) in [6.45, 7) is 0. The summed E-state index contributed by atoms with van der Waals surface area (Å²) in [5.74, 6) is 0.697. The summed E-state index contributed by atoms with van der Waals surface area (Å²) in [4.78, 5) is 21.3. The fourth-order valence-corrected chi connectivity index (χ4v) is 3.38. The van der Waals surface area contributed by atoms with Crippen molar-refractivity contribution >= 4 is 23.4 Å². The maximum Gasteiger partial charge on any atom is 0.321 e. The van der Waals surface area contributed by atoms with Gasteiger partial charge < -0.3 is 9.52 Å². The summed E-state index contributed by atoms with van der Waals surface area (Å²) < 4.78 is 5.72. The molecule has 3 rings (SSSR count). The monoisotopic (exact) mass is 320 g/mol. The molecule has 2 atom stereocenters. The Bertz CT molecular complexity index is 730. The maximum atomic E-state index is 10.9. The van der Waals surface area contributed by atoms with Crippen LogP contribution in [0.4, 0.5) is 5.69 Å². The van der Waals surface area contributed by atoms with Crippen molar-refractivity contribution in [2.24, 2.45) is 0 Å². The highest BCUT2D eigenvalue weighted by atomic mass is 32.2. The SMILES string of the molecule is O=C(O)[C@H]1CS[C@@H](c2ccc(-c3cccc([N+](=O)[O-])c3)o2)N1. The predicted molar refractivity (Wildman–Crippen MR) is 80.6 cm³/mol. The fourth-order valence-electron chi connectivity index (χ4n) is 2.20. The Morgan fingerprint density at radius 3 is 2.91 bits per heavy atom. The highest BCUT2D eigenvalue weighted by Gasteiger charge is 2.32. The Labute approximate surface area is 129 Å². The van der Waals surface area contributed by atoms with E-state index in [1.807, 2.05) is 0 Å². The molecule has 2 aromatic rings. The predicted octanol–water partition coefficient (Wildman–Crippen LogP) is 2.64. The quantitative estimate of drug-likeness (QED) is 0.659. The van der Waals surface area contributed by atoms with E-state index in [4.69, 9.17) is 9.52 Å². The number of nitro benzene ring substituents is 1. The first-order valence-corrected chi connectivity index (χ1v) is 7.54. The van der Waals surface area contributed by atoms with E-state index in [0.717, 1.165) is 0 Å². The number of nitrogens with zero attached hydrogens (tertiary/aromatic N) is 1. The van der Waals surface area contributed by atoms with E-state index in [0.29, 0.717) is 22.8 Å². The number of carboxylic acid groups (broad SMARTS) is 1. The van der Waals surface area contributed by atoms with E-state index in [-0.39, 0.29) is 11.1 Å². The van der Waals surface area contributed by atoms with Gasteiger partial charge in [0.15, 0.2) is 0 Å². The van der Waals surface area contributed by atoms with Gasteiger partial charge in [0, 0.05) is 23.4 Å². The van der Waals surface area contributed by atoms with Crippen molar-refractivity contribution in [3.8, 4) is 11.3 Å². The molecule has 1 aromatic carbocycles. The number of furan rings is 1. The molecule has 0 amide bonds. The maximum absolute atomic E-state index is 10.9. The molecule has 1 saturated heterocycles. The number of hydrogen-bond donors (Lipinski definition) is 2. The molecule has 0 radical (unpaired) electrons. The molecule has 0 saturated carbocycles. The van der Waals surface area contributed by atoms with Crippen LogP contribution in [0.15, 0.2) is 40.8 Å². The molecule has 0 bridgehead atoms. The minimum Gasteiger partial charge on any atom is -0.480 e. The Hall–Kier alpha value is -2.32. The second kappa shape index (κ2) is 5.82. The Morgan fingerprint density at radius 1 is 1.41 bits per heavy atom. The number of hydrogen-bond acceptors (Lipinski definition) is 6. The Balaban J connectivity index is 1.81. The van der Waals surface area contributed by atoms with E-state index < -0.39 is 16.9 Å². The van der Waals surface area contributed by atoms with Crippen LogP contribution in [0.25, 0.3) is 11.3 Å². The van der Waals surface area contributed by atoms with Crippen molar-refractivity contribution in [2.75, 3.05) is 5.75 Å². The third-order valence-electron chi connectivity index (χ3n) is 3.31. The lowest BCUT2D eigenvalue weighted by Gasteiger charge is -2.07. The van der Waals surface area contributed by atoms with Gasteiger partial charge in [-0.05, 0) is 12.1 Å². The Kier molecular flexibility index (Phi) is 3.86. The molecule has 0 unspecified atom stereocenters. The van der Waals surface area contributed by atoms with Crippen LogP contribution in [0.2, 0.25) is 0 Å². The molecule has 1 fully saturated rings. The molecular weight excluding hydrogens is 308 g/mol. The smallest absolute Gasteiger partial charge is 0.321 e. The lowest BCUT2D eigenvalue weighted by molar-refractivity contribution is -0.384. The van der Waals surface area contributed by atoms with Crippen LogP contribution in [0.1, 0.15) is 11.1 Å². The largest absolute Gasteiger partial charge is 0.480 e. The van der Waals surface area contributed by atoms with Crippen molar-refractivity contribution in [2.45, 2.75) is 11.4 Å². The van der Waals surface area contributed by atoms with E-state index in [2.05, 4.69) is 5.32 Å². The van der Waals surface area contributed by atoms with Gasteiger partial charge in [-0.15, -0.1) is 11.8 Å². The number of nitro groups is 1. The van der Waals surface area contributed by atoms with Gasteiger partial charge in [0.2, 0.25) is 0 Å². The van der Waals surface area contributed by atoms with Crippen LogP contribution in [0.5, 0.6) is 0 Å². The average molecular weight is 320 g/mol. The van der Waals surface area contributed by atoms with Crippen LogP contribution in [0, 0.1) is 10.1 Å². The number of thioether (sulfide) groups is 1. The minimum atomic E-state index is -0.888. The van der Waals surface area contributed by atoms with Crippen molar-refractivity contribution in [1.29, 1.82) is 0 Å². The van der Waals surface area contributed by atoms with Gasteiger partial charge in [-0.25, -0.2) is 0 Å². The fraction of sp³-hybridized carbons (Fsp3) is 0.214. The number of nitrogens with one attached hydrogen (secondary N) is 1. The van der Waals surface area contributed by atoms with Crippen LogP contribution in [-0.2, 0) is 4.79 Å². The van der Waals surface area contributed by atoms with Crippen molar-refractivity contribution in [1.82, 2.24) is 5.32 Å². The summed E-state index contributed by atoms with van der Waals surface area (Å²) in [6.07, 6.45) is 0. The molecule has 114 valence electrons. The van der Waals surface area contributed by atoms with Crippen molar-refractivity contribution in [3.05, 3.63) is 52.3 Å². The van der Waals surface area contributed by atoms with Gasteiger partial charge in [0.25, 0.3) is 5.69 Å². The average Bonchev–Trinajstić information content (AvgIpc) is 3.16. The molecule has 1 aliphatic heterocycles. The number of non-ortho nitro benzene ring substituents is 1. The molecule has 2 heterocycles. The molecule has 1 aromatic heterocycles. The standard InChI is InChI=1S/C14H12N2O5S/c17-14(18)10-7-22-13(15-10)12-5-4-11(21-12)8-2-1-3-9(6-8)16(19)20/h1-6,10,13,15H,7H2,(H,17,18)/t10-,13+/m1/s1. The number of carbonyl (C=O) groups is 1. The molecule has 7 nitrogen and oxygen atoms in total. The second-order valence-corrected chi connectivity index (χ2v) is 5.92. The zero-order valence-electron chi connectivity index (χ0n) is 11.3. The molecular formula is C14H12N2O5S. The molecule has 8 heteroatoms. The minimum absolute atomic E-state index is 0.00485. The van der Waals surface area contributed by atoms with Gasteiger partial charge in [0.05, 0.1) is 4.92 Å². The number of benzene rings is 1. The van der Waals surface area contributed by atoms with E-state index >= 15 is 0 Å². The van der Waals surface area contributed by atoms with Crippen LogP contribution < -0.4 is 5.32 Å². The van der Waals surface area contributed by atoms with Crippen molar-refractivity contribution in [3.63, 3.8) is 0 Å². The van der Waals surface area contributed by atoms with E-state index in [1.165, 1.54) is 23.9 Å². The molecule has 1 aliphatic rings. The summed E-state index contributed by atoms with van der Waals surface area (Å²) >= 11 is 1.45. The lowest BCUT2D eigenvalue weighted by Crippen LogP contribution is -2.33. The zero-order valence-corrected chi connectivity index (χ0v) is 12.1. The zero-order chi connectivity index (χ0) is 15.7. The highest BCUT2D eigenvalue weighted by Crippen LogP contribution is 2.36. The van der Waals surface area contributed by atoms with Gasteiger partial charge in [0.1, 0.15) is 22.9 Å². The Morgan fingerprint density at radius 2 is 2.23 bits per heavy atom.